The van der Waals surface area contributed by atoms with Crippen LogP contribution in [0, 0.1) is 13.8 Å². The Balaban J connectivity index is 1.44. The van der Waals surface area contributed by atoms with Crippen molar-refractivity contribution in [2.45, 2.75) is 58.5 Å². The Bertz CT molecular complexity index is 993. The maximum atomic E-state index is 4.92. The van der Waals surface area contributed by atoms with Gasteiger partial charge >= 0.3 is 0 Å². The van der Waals surface area contributed by atoms with E-state index in [2.05, 4.69) is 64.6 Å². The molecule has 2 saturated heterocycles. The summed E-state index contributed by atoms with van der Waals surface area (Å²) in [6, 6.07) is 13.8. The number of pyridine rings is 1. The van der Waals surface area contributed by atoms with Gasteiger partial charge in [0.2, 0.25) is 0 Å². The van der Waals surface area contributed by atoms with Gasteiger partial charge in [-0.25, -0.2) is 4.98 Å². The minimum atomic E-state index is 0.764. The molecule has 158 valence electrons. The van der Waals surface area contributed by atoms with E-state index in [1.165, 1.54) is 78.7 Å². The molecule has 0 unspecified atom stereocenters. The van der Waals surface area contributed by atoms with Gasteiger partial charge in [-0.15, -0.1) is 0 Å². The van der Waals surface area contributed by atoms with E-state index in [-0.39, 0.29) is 0 Å². The van der Waals surface area contributed by atoms with Gasteiger partial charge in [0.25, 0.3) is 0 Å². The average Bonchev–Trinajstić information content (AvgIpc) is 3.05. The Hall–Kier alpha value is -2.33. The van der Waals surface area contributed by atoms with Crippen molar-refractivity contribution >= 4 is 16.7 Å². The summed E-state index contributed by atoms with van der Waals surface area (Å²) in [7, 11) is 0. The number of benzene rings is 1. The fourth-order valence-electron chi connectivity index (χ4n) is 5.50. The molecule has 0 amide bonds. The molecule has 4 heterocycles. The third-order valence-corrected chi connectivity index (χ3v) is 7.38. The summed E-state index contributed by atoms with van der Waals surface area (Å²) in [5.41, 5.74) is 5.39. The van der Waals surface area contributed by atoms with Crippen LogP contribution in [0.4, 0.5) is 5.82 Å². The van der Waals surface area contributed by atoms with Crippen LogP contribution in [0.15, 0.2) is 42.6 Å². The van der Waals surface area contributed by atoms with Gasteiger partial charge < -0.3 is 14.4 Å². The lowest BCUT2D eigenvalue weighted by atomic mass is 10.00. The summed E-state index contributed by atoms with van der Waals surface area (Å²) in [6.07, 6.45) is 8.70. The molecule has 0 saturated carbocycles. The fraction of sp³-hybridized carbons (Fsp3) is 0.500. The van der Waals surface area contributed by atoms with E-state index in [1.807, 2.05) is 6.20 Å². The van der Waals surface area contributed by atoms with Crippen molar-refractivity contribution in [2.75, 3.05) is 31.1 Å². The number of anilines is 1. The van der Waals surface area contributed by atoms with Crippen molar-refractivity contribution < 1.29 is 0 Å². The molecule has 2 aromatic heterocycles. The molecule has 2 fully saturated rings. The van der Waals surface area contributed by atoms with Gasteiger partial charge in [0.15, 0.2) is 5.82 Å². The number of hydrogen-bond acceptors (Lipinski definition) is 3. The molecule has 0 atom stereocenters. The number of hydrogen-bond donors (Lipinski definition) is 0. The van der Waals surface area contributed by atoms with Crippen LogP contribution in [0.1, 0.15) is 48.9 Å². The first-order valence-electron chi connectivity index (χ1n) is 11.7. The standard InChI is InChI=1S/C26H34N4/c1-20-21(2)30(19-22-9-5-3-6-10-22)25-24(20)11-14-27-26(25)29-17-12-23(13-18-29)28-15-7-4-8-16-28/h3,5-6,9-11,14,23H,4,7-8,12-13,15-19H2,1-2H3. The van der Waals surface area contributed by atoms with Crippen LogP contribution in [0.5, 0.6) is 0 Å². The molecule has 3 aromatic rings. The van der Waals surface area contributed by atoms with E-state index in [4.69, 9.17) is 4.98 Å². The lowest BCUT2D eigenvalue weighted by Gasteiger charge is -2.40. The second-order valence-electron chi connectivity index (χ2n) is 9.13. The van der Waals surface area contributed by atoms with Crippen LogP contribution in [0.3, 0.4) is 0 Å². The van der Waals surface area contributed by atoms with Gasteiger partial charge in [0.05, 0.1) is 5.52 Å². The van der Waals surface area contributed by atoms with Gasteiger partial charge in [-0.05, 0) is 69.8 Å². The van der Waals surface area contributed by atoms with Crippen molar-refractivity contribution in [3.63, 3.8) is 0 Å². The maximum absolute atomic E-state index is 4.92. The zero-order valence-corrected chi connectivity index (χ0v) is 18.5. The first-order valence-corrected chi connectivity index (χ1v) is 11.7. The van der Waals surface area contributed by atoms with Crippen LogP contribution in [0.2, 0.25) is 0 Å². The van der Waals surface area contributed by atoms with Crippen molar-refractivity contribution in [1.82, 2.24) is 14.5 Å². The van der Waals surface area contributed by atoms with E-state index in [0.717, 1.165) is 25.7 Å². The van der Waals surface area contributed by atoms with Crippen molar-refractivity contribution in [3.8, 4) is 0 Å². The lowest BCUT2D eigenvalue weighted by Crippen LogP contribution is -2.47. The molecular weight excluding hydrogens is 368 g/mol. The summed E-state index contributed by atoms with van der Waals surface area (Å²) in [5.74, 6) is 1.18. The highest BCUT2D eigenvalue weighted by Crippen LogP contribution is 2.34. The van der Waals surface area contributed by atoms with E-state index < -0.39 is 0 Å². The monoisotopic (exact) mass is 402 g/mol. The molecule has 2 aliphatic rings. The number of rotatable bonds is 4. The Morgan fingerprint density at radius 2 is 1.63 bits per heavy atom. The molecule has 1 aromatic carbocycles. The Morgan fingerprint density at radius 1 is 0.900 bits per heavy atom. The lowest BCUT2D eigenvalue weighted by molar-refractivity contribution is 0.141. The fourth-order valence-corrected chi connectivity index (χ4v) is 5.50. The largest absolute Gasteiger partial charge is 0.355 e. The van der Waals surface area contributed by atoms with Gasteiger partial charge in [0, 0.05) is 43.0 Å². The predicted octanol–water partition coefficient (Wildman–Crippen LogP) is 5.16. The number of fused-ring (bicyclic) bond motifs is 1. The highest BCUT2D eigenvalue weighted by molar-refractivity contribution is 5.93. The normalized spacial score (nSPS) is 18.9. The molecule has 2 aliphatic heterocycles. The molecule has 30 heavy (non-hydrogen) atoms. The third kappa shape index (κ3) is 3.62. The van der Waals surface area contributed by atoms with Crippen molar-refractivity contribution in [2.24, 2.45) is 0 Å². The zero-order chi connectivity index (χ0) is 20.5. The molecule has 4 nitrogen and oxygen atoms in total. The molecule has 0 bridgehead atoms. The minimum Gasteiger partial charge on any atom is -0.355 e. The summed E-state index contributed by atoms with van der Waals surface area (Å²) in [6.45, 7) is 10.2. The van der Waals surface area contributed by atoms with Gasteiger partial charge in [-0.1, -0.05) is 36.8 Å². The zero-order valence-electron chi connectivity index (χ0n) is 18.5. The average molecular weight is 403 g/mol. The molecule has 0 N–H and O–H groups in total. The van der Waals surface area contributed by atoms with Crippen LogP contribution in [-0.2, 0) is 6.54 Å². The third-order valence-electron chi connectivity index (χ3n) is 7.38. The molecule has 5 rings (SSSR count). The smallest absolute Gasteiger partial charge is 0.153 e. The molecule has 0 spiro atoms. The minimum absolute atomic E-state index is 0.764. The highest BCUT2D eigenvalue weighted by Gasteiger charge is 2.28. The SMILES string of the molecule is Cc1c(C)n(Cc2ccccc2)c2c(N3CCC(N4CCCCC4)CC3)nccc12. The van der Waals surface area contributed by atoms with Crippen LogP contribution < -0.4 is 4.90 Å². The first-order chi connectivity index (χ1) is 14.7. The highest BCUT2D eigenvalue weighted by atomic mass is 15.2. The number of piperidine rings is 2. The number of likely N-dealkylation sites (tertiary alicyclic amines) is 1. The summed E-state index contributed by atoms with van der Waals surface area (Å²) in [5, 5.41) is 1.35. The molecule has 0 aliphatic carbocycles. The van der Waals surface area contributed by atoms with E-state index in [9.17, 15) is 0 Å². The summed E-state index contributed by atoms with van der Waals surface area (Å²) >= 11 is 0. The molecule has 4 heteroatoms. The van der Waals surface area contributed by atoms with Crippen molar-refractivity contribution in [3.05, 3.63) is 59.4 Å². The van der Waals surface area contributed by atoms with Gasteiger partial charge in [-0.3, -0.25) is 0 Å². The number of aromatic nitrogens is 2. The van der Waals surface area contributed by atoms with Crippen LogP contribution in [0.25, 0.3) is 10.9 Å². The number of nitrogens with zero attached hydrogens (tertiary/aromatic N) is 4. The first kappa shape index (κ1) is 19.6. The number of aryl methyl sites for hydroxylation is 1. The Labute approximate surface area is 180 Å². The molecule has 0 radical (unpaired) electrons. The predicted molar refractivity (Wildman–Crippen MR) is 125 cm³/mol. The van der Waals surface area contributed by atoms with E-state index in [1.54, 1.807) is 0 Å². The topological polar surface area (TPSA) is 24.3 Å². The van der Waals surface area contributed by atoms with Crippen LogP contribution >= 0.6 is 0 Å². The van der Waals surface area contributed by atoms with Gasteiger partial charge in [-0.2, -0.15) is 0 Å². The Morgan fingerprint density at radius 3 is 2.37 bits per heavy atom. The van der Waals surface area contributed by atoms with E-state index >= 15 is 0 Å². The second-order valence-corrected chi connectivity index (χ2v) is 9.13. The Kier molecular flexibility index (Phi) is 5.51. The maximum Gasteiger partial charge on any atom is 0.153 e. The van der Waals surface area contributed by atoms with Gasteiger partial charge in [0.1, 0.15) is 0 Å². The van der Waals surface area contributed by atoms with E-state index in [0.29, 0.717) is 0 Å². The quantitative estimate of drug-likeness (QED) is 0.603. The summed E-state index contributed by atoms with van der Waals surface area (Å²) in [4.78, 5) is 10.2. The van der Waals surface area contributed by atoms with Crippen LogP contribution in [-0.4, -0.2) is 46.7 Å². The summed E-state index contributed by atoms with van der Waals surface area (Å²) < 4.78 is 2.49. The van der Waals surface area contributed by atoms with Crippen molar-refractivity contribution in [1.29, 1.82) is 0 Å². The second kappa shape index (κ2) is 8.43. The molecular formula is C26H34N4.